The van der Waals surface area contributed by atoms with Crippen molar-refractivity contribution in [3.05, 3.63) is 81.6 Å². The number of aromatic nitrogens is 2. The van der Waals surface area contributed by atoms with Gasteiger partial charge in [0, 0.05) is 23.6 Å². The molecule has 0 unspecified atom stereocenters. The van der Waals surface area contributed by atoms with Crippen molar-refractivity contribution in [1.29, 1.82) is 0 Å². The first-order valence-corrected chi connectivity index (χ1v) is 10.8. The van der Waals surface area contributed by atoms with Gasteiger partial charge in [0.25, 0.3) is 11.5 Å². The van der Waals surface area contributed by atoms with Gasteiger partial charge in [0.2, 0.25) is 5.88 Å². The average molecular weight is 424 g/mol. The molecule has 0 aliphatic heterocycles. The van der Waals surface area contributed by atoms with Crippen LogP contribution in [-0.2, 0) is 11.3 Å². The van der Waals surface area contributed by atoms with Gasteiger partial charge >= 0.3 is 0 Å². The standard InChI is InChI=1S/C23H25N3O3S/c1-15-5-8-19(13-16(15)2)26-22(27)12-11-21(25-26)29-17(3)23(28)24-14-18-6-9-20(30-4)10-7-18/h5-13,17H,14H2,1-4H3,(H,24,28)/t17-/m0/s1. The van der Waals surface area contributed by atoms with E-state index in [1.54, 1.807) is 18.7 Å². The van der Waals surface area contributed by atoms with Gasteiger partial charge in [-0.2, -0.15) is 4.68 Å². The Morgan fingerprint density at radius 3 is 2.50 bits per heavy atom. The number of benzene rings is 2. The van der Waals surface area contributed by atoms with E-state index in [9.17, 15) is 9.59 Å². The van der Waals surface area contributed by atoms with Gasteiger partial charge in [-0.15, -0.1) is 16.9 Å². The second-order valence-electron chi connectivity index (χ2n) is 7.02. The van der Waals surface area contributed by atoms with Crippen molar-refractivity contribution in [2.24, 2.45) is 0 Å². The van der Waals surface area contributed by atoms with Crippen LogP contribution in [0.2, 0.25) is 0 Å². The largest absolute Gasteiger partial charge is 0.464 e. The summed E-state index contributed by atoms with van der Waals surface area (Å²) in [5.41, 5.74) is 3.59. The van der Waals surface area contributed by atoms with Crippen molar-refractivity contribution in [3.8, 4) is 11.6 Å². The molecule has 6 nitrogen and oxygen atoms in total. The van der Waals surface area contributed by atoms with E-state index in [1.807, 2.05) is 62.6 Å². The molecule has 0 radical (unpaired) electrons. The van der Waals surface area contributed by atoms with E-state index in [1.165, 1.54) is 21.7 Å². The quantitative estimate of drug-likeness (QED) is 0.587. The molecule has 2 aromatic carbocycles. The van der Waals surface area contributed by atoms with Crippen molar-refractivity contribution < 1.29 is 9.53 Å². The number of rotatable bonds is 7. The van der Waals surface area contributed by atoms with Crippen molar-refractivity contribution in [3.63, 3.8) is 0 Å². The van der Waals surface area contributed by atoms with Crippen LogP contribution < -0.4 is 15.6 Å². The average Bonchev–Trinajstić information content (AvgIpc) is 2.75. The topological polar surface area (TPSA) is 73.2 Å². The fourth-order valence-electron chi connectivity index (χ4n) is 2.81. The molecule has 0 fully saturated rings. The summed E-state index contributed by atoms with van der Waals surface area (Å²) in [6.07, 6.45) is 1.26. The van der Waals surface area contributed by atoms with Crippen molar-refractivity contribution >= 4 is 17.7 Å². The smallest absolute Gasteiger partial charge is 0.271 e. The van der Waals surface area contributed by atoms with Crippen LogP contribution in [0.5, 0.6) is 5.88 Å². The Bertz CT molecular complexity index is 1090. The number of amides is 1. The molecule has 0 saturated heterocycles. The summed E-state index contributed by atoms with van der Waals surface area (Å²) in [5.74, 6) is -0.0468. The number of hydrogen-bond acceptors (Lipinski definition) is 5. The SMILES string of the molecule is CSc1ccc(CNC(=O)[C@H](C)Oc2ccc(=O)n(-c3ccc(C)c(C)c3)n2)cc1. The molecule has 0 aliphatic carbocycles. The lowest BCUT2D eigenvalue weighted by atomic mass is 10.1. The van der Waals surface area contributed by atoms with Crippen LogP contribution in [0.15, 0.2) is 64.3 Å². The fraction of sp³-hybridized carbons (Fsp3) is 0.261. The highest BCUT2D eigenvalue weighted by Crippen LogP contribution is 2.15. The van der Waals surface area contributed by atoms with E-state index >= 15 is 0 Å². The van der Waals surface area contributed by atoms with Gasteiger partial charge in [-0.25, -0.2) is 0 Å². The van der Waals surface area contributed by atoms with E-state index in [0.29, 0.717) is 12.2 Å². The predicted molar refractivity (Wildman–Crippen MR) is 119 cm³/mol. The summed E-state index contributed by atoms with van der Waals surface area (Å²) in [6.45, 7) is 6.05. The summed E-state index contributed by atoms with van der Waals surface area (Å²) in [5, 5.41) is 7.13. The monoisotopic (exact) mass is 423 g/mol. The lowest BCUT2D eigenvalue weighted by molar-refractivity contribution is -0.127. The molecule has 1 amide bonds. The number of nitrogens with zero attached hydrogens (tertiary/aromatic N) is 2. The maximum absolute atomic E-state index is 12.4. The molecule has 3 aromatic rings. The van der Waals surface area contributed by atoms with Gasteiger partial charge in [-0.05, 0) is 68.0 Å². The first-order chi connectivity index (χ1) is 14.4. The zero-order valence-corrected chi connectivity index (χ0v) is 18.3. The maximum atomic E-state index is 12.4. The summed E-state index contributed by atoms with van der Waals surface area (Å²) >= 11 is 1.67. The van der Waals surface area contributed by atoms with Crippen molar-refractivity contribution in [1.82, 2.24) is 15.1 Å². The van der Waals surface area contributed by atoms with Crippen LogP contribution in [0.3, 0.4) is 0 Å². The first kappa shape index (κ1) is 21.6. The van der Waals surface area contributed by atoms with E-state index in [-0.39, 0.29) is 17.3 Å². The van der Waals surface area contributed by atoms with Gasteiger partial charge in [-0.1, -0.05) is 18.2 Å². The van der Waals surface area contributed by atoms with Gasteiger partial charge in [0.1, 0.15) is 0 Å². The highest BCUT2D eigenvalue weighted by Gasteiger charge is 2.16. The molecule has 0 bridgehead atoms. The molecule has 7 heteroatoms. The Morgan fingerprint density at radius 2 is 1.83 bits per heavy atom. The minimum absolute atomic E-state index is 0.208. The first-order valence-electron chi connectivity index (χ1n) is 9.62. The van der Waals surface area contributed by atoms with E-state index < -0.39 is 6.10 Å². The zero-order chi connectivity index (χ0) is 21.7. The molecule has 30 heavy (non-hydrogen) atoms. The van der Waals surface area contributed by atoms with Crippen LogP contribution in [-0.4, -0.2) is 28.0 Å². The van der Waals surface area contributed by atoms with E-state index in [4.69, 9.17) is 4.74 Å². The minimum Gasteiger partial charge on any atom is -0.464 e. The highest BCUT2D eigenvalue weighted by molar-refractivity contribution is 7.98. The number of nitrogens with one attached hydrogen (secondary N) is 1. The third kappa shape index (κ3) is 5.30. The second kappa shape index (κ2) is 9.63. The third-order valence-electron chi connectivity index (χ3n) is 4.80. The zero-order valence-electron chi connectivity index (χ0n) is 17.5. The molecule has 156 valence electrons. The van der Waals surface area contributed by atoms with Gasteiger partial charge < -0.3 is 10.1 Å². The lowest BCUT2D eigenvalue weighted by Gasteiger charge is -2.15. The van der Waals surface area contributed by atoms with Gasteiger partial charge in [-0.3, -0.25) is 9.59 Å². The Morgan fingerprint density at radius 1 is 1.10 bits per heavy atom. The molecule has 0 saturated carbocycles. The number of hydrogen-bond donors (Lipinski definition) is 1. The molecule has 0 spiro atoms. The lowest BCUT2D eigenvalue weighted by Crippen LogP contribution is -2.36. The summed E-state index contributed by atoms with van der Waals surface area (Å²) in [6, 6.07) is 16.5. The molecule has 3 rings (SSSR count). The minimum atomic E-state index is -0.756. The van der Waals surface area contributed by atoms with Crippen LogP contribution in [0.4, 0.5) is 0 Å². The van der Waals surface area contributed by atoms with Crippen LogP contribution in [0, 0.1) is 13.8 Å². The normalized spacial score (nSPS) is 11.7. The third-order valence-corrected chi connectivity index (χ3v) is 5.55. The van der Waals surface area contributed by atoms with E-state index in [2.05, 4.69) is 10.4 Å². The predicted octanol–water partition coefficient (Wildman–Crippen LogP) is 3.65. The molecule has 1 aromatic heterocycles. The summed E-state index contributed by atoms with van der Waals surface area (Å²) in [4.78, 5) is 25.8. The molecule has 1 heterocycles. The Labute approximate surface area is 180 Å². The van der Waals surface area contributed by atoms with Gasteiger partial charge in [0.15, 0.2) is 6.10 Å². The number of thioether (sulfide) groups is 1. The number of ether oxygens (including phenoxy) is 1. The molecular weight excluding hydrogens is 398 g/mol. The Hall–Kier alpha value is -3.06. The number of carbonyl (C=O) groups is 1. The second-order valence-corrected chi connectivity index (χ2v) is 7.90. The molecule has 1 N–H and O–H groups in total. The fourth-order valence-corrected chi connectivity index (χ4v) is 3.22. The summed E-state index contributed by atoms with van der Waals surface area (Å²) < 4.78 is 6.96. The molecule has 0 aliphatic rings. The van der Waals surface area contributed by atoms with E-state index in [0.717, 1.165) is 16.7 Å². The Balaban J connectivity index is 1.66. The van der Waals surface area contributed by atoms with Crippen LogP contribution >= 0.6 is 11.8 Å². The van der Waals surface area contributed by atoms with Gasteiger partial charge in [0.05, 0.1) is 5.69 Å². The van der Waals surface area contributed by atoms with Crippen LogP contribution in [0.25, 0.3) is 5.69 Å². The van der Waals surface area contributed by atoms with Crippen LogP contribution in [0.1, 0.15) is 23.6 Å². The number of aryl methyl sites for hydroxylation is 2. The molecule has 1 atom stereocenters. The molecular formula is C23H25N3O3S. The highest BCUT2D eigenvalue weighted by atomic mass is 32.2. The number of carbonyl (C=O) groups excluding carboxylic acids is 1. The van der Waals surface area contributed by atoms with Crippen molar-refractivity contribution in [2.75, 3.05) is 6.26 Å². The summed E-state index contributed by atoms with van der Waals surface area (Å²) in [7, 11) is 0. The Kier molecular flexibility index (Phi) is 6.95. The maximum Gasteiger partial charge on any atom is 0.271 e. The van der Waals surface area contributed by atoms with Crippen molar-refractivity contribution in [2.45, 2.75) is 38.3 Å².